The van der Waals surface area contributed by atoms with E-state index in [0.29, 0.717) is 52.9 Å². The SMILES string of the molecule is NCC1CCC(Cc2ccc(-c3ccc(N)nc3)c(-c3nnn[nH]3)c2S(N)(=O)=O)CC1. The molecule has 1 saturated carbocycles. The Kier molecular flexibility index (Phi) is 5.99. The van der Waals surface area contributed by atoms with Crippen molar-refractivity contribution in [1.29, 1.82) is 0 Å². The average molecular weight is 443 g/mol. The van der Waals surface area contributed by atoms with Crippen LogP contribution in [0.5, 0.6) is 0 Å². The van der Waals surface area contributed by atoms with Gasteiger partial charge in [0.05, 0.1) is 4.90 Å². The molecule has 2 heterocycles. The van der Waals surface area contributed by atoms with Crippen molar-refractivity contribution < 1.29 is 8.42 Å². The van der Waals surface area contributed by atoms with Gasteiger partial charge in [-0.15, -0.1) is 5.10 Å². The second-order valence-corrected chi connectivity index (χ2v) is 9.57. The summed E-state index contributed by atoms with van der Waals surface area (Å²) in [4.78, 5) is 4.17. The summed E-state index contributed by atoms with van der Waals surface area (Å²) >= 11 is 0. The summed E-state index contributed by atoms with van der Waals surface area (Å²) in [6.07, 6.45) is 6.32. The fourth-order valence-corrected chi connectivity index (χ4v) is 5.41. The molecular weight excluding hydrogens is 416 g/mol. The van der Waals surface area contributed by atoms with Crippen molar-refractivity contribution >= 4 is 15.8 Å². The van der Waals surface area contributed by atoms with E-state index in [1.165, 1.54) is 0 Å². The van der Waals surface area contributed by atoms with Crippen LogP contribution in [0.15, 0.2) is 35.4 Å². The molecule has 1 fully saturated rings. The molecule has 7 N–H and O–H groups in total. The second kappa shape index (κ2) is 8.69. The third kappa shape index (κ3) is 4.58. The lowest BCUT2D eigenvalue weighted by Crippen LogP contribution is -2.23. The Morgan fingerprint density at radius 1 is 1.06 bits per heavy atom. The fourth-order valence-electron chi connectivity index (χ4n) is 4.40. The summed E-state index contributed by atoms with van der Waals surface area (Å²) in [6.45, 7) is 0.697. The molecule has 11 heteroatoms. The number of pyridine rings is 1. The first kappa shape index (κ1) is 21.3. The zero-order chi connectivity index (χ0) is 22.0. The van der Waals surface area contributed by atoms with Crippen molar-refractivity contribution in [2.24, 2.45) is 22.7 Å². The lowest BCUT2D eigenvalue weighted by molar-refractivity contribution is 0.278. The molecule has 0 spiro atoms. The number of aromatic nitrogens is 5. The summed E-state index contributed by atoms with van der Waals surface area (Å²) in [6, 6.07) is 7.11. The number of nitrogens with one attached hydrogen (secondary N) is 1. The van der Waals surface area contributed by atoms with E-state index >= 15 is 0 Å². The summed E-state index contributed by atoms with van der Waals surface area (Å²) in [5.41, 5.74) is 13.8. The van der Waals surface area contributed by atoms with Gasteiger partial charge in [0, 0.05) is 17.3 Å². The lowest BCUT2D eigenvalue weighted by Gasteiger charge is -2.28. The number of sulfonamides is 1. The minimum atomic E-state index is -4.08. The molecule has 1 aliphatic rings. The molecule has 0 aliphatic heterocycles. The molecule has 3 aromatic rings. The Morgan fingerprint density at radius 2 is 1.81 bits per heavy atom. The van der Waals surface area contributed by atoms with E-state index < -0.39 is 10.0 Å². The van der Waals surface area contributed by atoms with Gasteiger partial charge in [-0.05, 0) is 84.2 Å². The number of nitrogens with zero attached hydrogens (tertiary/aromatic N) is 4. The number of primary sulfonamides is 1. The maximum Gasteiger partial charge on any atom is 0.239 e. The van der Waals surface area contributed by atoms with Gasteiger partial charge in [-0.2, -0.15) is 0 Å². The van der Waals surface area contributed by atoms with E-state index in [1.807, 2.05) is 12.1 Å². The van der Waals surface area contributed by atoms with Crippen LogP contribution in [-0.4, -0.2) is 40.6 Å². The summed E-state index contributed by atoms with van der Waals surface area (Å²) in [5, 5.41) is 19.6. The maximum absolute atomic E-state index is 12.8. The number of anilines is 1. The third-order valence-electron chi connectivity index (χ3n) is 6.01. The van der Waals surface area contributed by atoms with E-state index in [9.17, 15) is 8.42 Å². The predicted octanol–water partition coefficient (Wildman–Crippen LogP) is 1.47. The minimum Gasteiger partial charge on any atom is -0.384 e. The Hall–Kier alpha value is -2.89. The quantitative estimate of drug-likeness (QED) is 0.443. The molecule has 0 unspecified atom stereocenters. The number of tetrazole rings is 1. The number of hydrogen-bond donors (Lipinski definition) is 4. The van der Waals surface area contributed by atoms with E-state index in [1.54, 1.807) is 18.3 Å². The van der Waals surface area contributed by atoms with Crippen LogP contribution >= 0.6 is 0 Å². The summed E-state index contributed by atoms with van der Waals surface area (Å²) in [7, 11) is -4.08. The van der Waals surface area contributed by atoms with E-state index in [0.717, 1.165) is 25.7 Å². The van der Waals surface area contributed by atoms with Crippen molar-refractivity contribution in [3.63, 3.8) is 0 Å². The number of H-pyrrole nitrogens is 1. The van der Waals surface area contributed by atoms with Crippen LogP contribution in [0.3, 0.4) is 0 Å². The molecular formula is C20H26N8O2S. The highest BCUT2D eigenvalue weighted by molar-refractivity contribution is 7.89. The van der Waals surface area contributed by atoms with Gasteiger partial charge in [0.15, 0.2) is 5.82 Å². The van der Waals surface area contributed by atoms with Crippen LogP contribution in [0.1, 0.15) is 31.2 Å². The van der Waals surface area contributed by atoms with Gasteiger partial charge in [0.1, 0.15) is 5.82 Å². The van der Waals surface area contributed by atoms with Gasteiger partial charge in [0.2, 0.25) is 10.0 Å². The van der Waals surface area contributed by atoms with Gasteiger partial charge >= 0.3 is 0 Å². The molecule has 4 rings (SSSR count). The molecule has 10 nitrogen and oxygen atoms in total. The molecule has 1 aromatic carbocycles. The maximum atomic E-state index is 12.8. The molecule has 0 radical (unpaired) electrons. The normalized spacial score (nSPS) is 19.4. The average Bonchev–Trinajstić information content (AvgIpc) is 3.28. The first-order valence-corrected chi connectivity index (χ1v) is 11.8. The highest BCUT2D eigenvalue weighted by Crippen LogP contribution is 2.39. The molecule has 0 bridgehead atoms. The molecule has 2 aromatic heterocycles. The zero-order valence-corrected chi connectivity index (χ0v) is 17.8. The van der Waals surface area contributed by atoms with Gasteiger partial charge < -0.3 is 11.5 Å². The van der Waals surface area contributed by atoms with Crippen LogP contribution < -0.4 is 16.6 Å². The Bertz CT molecular complexity index is 1140. The Labute approximate surface area is 180 Å². The zero-order valence-electron chi connectivity index (χ0n) is 17.0. The predicted molar refractivity (Wildman–Crippen MR) is 117 cm³/mol. The minimum absolute atomic E-state index is 0.0429. The van der Waals surface area contributed by atoms with Gasteiger partial charge in [-0.25, -0.2) is 23.6 Å². The fraction of sp³-hybridized carbons (Fsp3) is 0.400. The molecule has 0 amide bonds. The van der Waals surface area contributed by atoms with Crippen LogP contribution in [0.25, 0.3) is 22.5 Å². The van der Waals surface area contributed by atoms with Crippen LogP contribution in [0, 0.1) is 11.8 Å². The number of benzene rings is 1. The summed E-state index contributed by atoms with van der Waals surface area (Å²) in [5.74, 6) is 1.51. The van der Waals surface area contributed by atoms with Crippen LogP contribution in [0.2, 0.25) is 0 Å². The largest absolute Gasteiger partial charge is 0.384 e. The second-order valence-electron chi connectivity index (χ2n) is 8.07. The molecule has 0 saturated heterocycles. The standard InChI is InChI=1S/C20H26N8O2S/c21-10-13-3-1-12(2-4-13)9-14-5-7-16(15-6-8-17(22)24-11-15)18(19(14)31(23,29)30)20-25-27-28-26-20/h5-8,11-13H,1-4,9-10,21H2,(H2,22,24)(H2,23,29,30)(H,25,26,27,28). The van der Waals surface area contributed by atoms with Crippen LogP contribution in [0.4, 0.5) is 5.82 Å². The van der Waals surface area contributed by atoms with Gasteiger partial charge in [-0.1, -0.05) is 12.1 Å². The van der Waals surface area contributed by atoms with Crippen LogP contribution in [-0.2, 0) is 16.4 Å². The first-order valence-electron chi connectivity index (χ1n) is 10.2. The number of nitrogens with two attached hydrogens (primary N) is 3. The van der Waals surface area contributed by atoms with Crippen molar-refractivity contribution in [1.82, 2.24) is 25.6 Å². The smallest absolute Gasteiger partial charge is 0.239 e. The van der Waals surface area contributed by atoms with Gasteiger partial charge in [0.25, 0.3) is 0 Å². The highest BCUT2D eigenvalue weighted by atomic mass is 32.2. The monoisotopic (exact) mass is 442 g/mol. The van der Waals surface area contributed by atoms with Crippen molar-refractivity contribution in [2.45, 2.75) is 37.0 Å². The number of aromatic amines is 1. The van der Waals surface area contributed by atoms with E-state index in [2.05, 4.69) is 25.6 Å². The van der Waals surface area contributed by atoms with Crippen molar-refractivity contribution in [3.8, 4) is 22.5 Å². The third-order valence-corrected chi connectivity index (χ3v) is 7.05. The number of rotatable bonds is 6. The molecule has 1 aliphatic carbocycles. The Morgan fingerprint density at radius 3 is 2.39 bits per heavy atom. The van der Waals surface area contributed by atoms with Crippen molar-refractivity contribution in [2.75, 3.05) is 12.3 Å². The molecule has 164 valence electrons. The molecule has 0 atom stereocenters. The number of hydrogen-bond acceptors (Lipinski definition) is 8. The van der Waals surface area contributed by atoms with E-state index in [-0.39, 0.29) is 10.7 Å². The highest BCUT2D eigenvalue weighted by Gasteiger charge is 2.28. The van der Waals surface area contributed by atoms with E-state index in [4.69, 9.17) is 16.6 Å². The van der Waals surface area contributed by atoms with Crippen molar-refractivity contribution in [3.05, 3.63) is 36.0 Å². The number of nitrogen functional groups attached to an aromatic ring is 1. The summed E-state index contributed by atoms with van der Waals surface area (Å²) < 4.78 is 25.6. The lowest BCUT2D eigenvalue weighted by atomic mass is 9.79. The van der Waals surface area contributed by atoms with Gasteiger partial charge in [-0.3, -0.25) is 0 Å². The first-order chi connectivity index (χ1) is 14.9. The topological polar surface area (TPSA) is 180 Å². The molecule has 31 heavy (non-hydrogen) atoms. The Balaban J connectivity index is 1.84.